The Hall–Kier alpha value is -3.25. The summed E-state index contributed by atoms with van der Waals surface area (Å²) in [6.07, 6.45) is 1.39. The Kier molecular flexibility index (Phi) is 5.74. The van der Waals surface area contributed by atoms with Gasteiger partial charge in [-0.3, -0.25) is 9.36 Å². The third-order valence-corrected chi connectivity index (χ3v) is 5.98. The largest absolute Gasteiger partial charge is 0.459 e. The van der Waals surface area contributed by atoms with Gasteiger partial charge < -0.3 is 4.74 Å². The minimum atomic E-state index is -0.368. The maximum atomic E-state index is 13.4. The average Bonchev–Trinajstić information content (AvgIpc) is 3.14. The predicted molar refractivity (Wildman–Crippen MR) is 125 cm³/mol. The summed E-state index contributed by atoms with van der Waals surface area (Å²) >= 11 is 1.48. The first-order valence-corrected chi connectivity index (χ1v) is 11.1. The Balaban J connectivity index is 1.73. The zero-order valence-electron chi connectivity index (χ0n) is 18.0. The fourth-order valence-electron chi connectivity index (χ4n) is 3.67. The van der Waals surface area contributed by atoms with Crippen LogP contribution in [0.25, 0.3) is 21.3 Å². The summed E-state index contributed by atoms with van der Waals surface area (Å²) in [5, 5.41) is 2.64. The van der Waals surface area contributed by atoms with E-state index in [2.05, 4.69) is 37.0 Å². The number of ether oxygens (including phenoxy) is 1. The molecular formula is C25H24N2O3S. The van der Waals surface area contributed by atoms with E-state index in [0.717, 1.165) is 27.1 Å². The number of carbonyl (C=O) groups is 1. The lowest BCUT2D eigenvalue weighted by molar-refractivity contribution is 0.0378. The van der Waals surface area contributed by atoms with Crippen molar-refractivity contribution < 1.29 is 9.53 Å². The molecule has 2 aromatic heterocycles. The Morgan fingerprint density at radius 3 is 2.68 bits per heavy atom. The molecule has 31 heavy (non-hydrogen) atoms. The number of hydrogen-bond donors (Lipinski definition) is 0. The summed E-state index contributed by atoms with van der Waals surface area (Å²) in [4.78, 5) is 30.8. The van der Waals surface area contributed by atoms with Crippen molar-refractivity contribution in [3.05, 3.63) is 86.8 Å². The Bertz CT molecular complexity index is 1330. The molecule has 0 amide bonds. The van der Waals surface area contributed by atoms with Crippen molar-refractivity contribution in [2.45, 2.75) is 40.3 Å². The molecule has 0 fully saturated rings. The summed E-state index contributed by atoms with van der Waals surface area (Å²) in [5.41, 5.74) is 5.50. The molecule has 0 aliphatic heterocycles. The van der Waals surface area contributed by atoms with Crippen LogP contribution in [0.15, 0.2) is 59.0 Å². The van der Waals surface area contributed by atoms with Gasteiger partial charge in [0.15, 0.2) is 0 Å². The Morgan fingerprint density at radius 2 is 1.94 bits per heavy atom. The number of aryl methyl sites for hydroxylation is 2. The molecule has 4 rings (SSSR count). The second kappa shape index (κ2) is 8.47. The smallest absolute Gasteiger partial charge is 0.338 e. The molecule has 0 saturated carbocycles. The summed E-state index contributed by atoms with van der Waals surface area (Å²) in [6, 6.07) is 13.4. The minimum absolute atomic E-state index is 0.0867. The first kappa shape index (κ1) is 21.0. The molecule has 4 aromatic rings. The van der Waals surface area contributed by atoms with Crippen LogP contribution in [0.2, 0.25) is 0 Å². The van der Waals surface area contributed by atoms with Crippen LogP contribution in [0.3, 0.4) is 0 Å². The maximum absolute atomic E-state index is 13.4. The lowest BCUT2D eigenvalue weighted by atomic mass is 9.99. The molecule has 0 aliphatic carbocycles. The third-order valence-electron chi connectivity index (χ3n) is 5.09. The molecule has 0 saturated heterocycles. The van der Waals surface area contributed by atoms with E-state index in [1.165, 1.54) is 16.9 Å². The van der Waals surface area contributed by atoms with Crippen LogP contribution >= 0.6 is 11.3 Å². The molecule has 0 aliphatic rings. The van der Waals surface area contributed by atoms with Gasteiger partial charge in [0.05, 0.1) is 29.9 Å². The summed E-state index contributed by atoms with van der Waals surface area (Å²) < 4.78 is 6.87. The molecule has 6 heteroatoms. The van der Waals surface area contributed by atoms with Crippen LogP contribution in [0.1, 0.15) is 40.9 Å². The highest BCUT2D eigenvalue weighted by Gasteiger charge is 2.16. The molecule has 0 N–H and O–H groups in total. The van der Waals surface area contributed by atoms with Crippen molar-refractivity contribution in [2.75, 3.05) is 0 Å². The number of carbonyl (C=O) groups excluding carboxylic acids is 1. The second-order valence-electron chi connectivity index (χ2n) is 7.98. The fraction of sp³-hybridized carbons (Fsp3) is 0.240. The molecule has 0 atom stereocenters. The molecule has 0 unspecified atom stereocenters. The van der Waals surface area contributed by atoms with Crippen molar-refractivity contribution in [1.29, 1.82) is 0 Å². The molecular weight excluding hydrogens is 408 g/mol. The highest BCUT2D eigenvalue weighted by Crippen LogP contribution is 2.33. The molecule has 0 spiro atoms. The highest BCUT2D eigenvalue weighted by atomic mass is 32.1. The third kappa shape index (κ3) is 4.30. The van der Waals surface area contributed by atoms with Crippen LogP contribution < -0.4 is 5.56 Å². The van der Waals surface area contributed by atoms with E-state index in [-0.39, 0.29) is 17.6 Å². The van der Waals surface area contributed by atoms with Gasteiger partial charge in [-0.05, 0) is 56.5 Å². The van der Waals surface area contributed by atoms with Crippen molar-refractivity contribution in [3.8, 4) is 11.1 Å². The summed E-state index contributed by atoms with van der Waals surface area (Å²) in [5.74, 6) is -0.368. The topological polar surface area (TPSA) is 61.2 Å². The number of nitrogens with zero attached hydrogens (tertiary/aromatic N) is 2. The van der Waals surface area contributed by atoms with E-state index < -0.39 is 0 Å². The lowest BCUT2D eigenvalue weighted by Gasteiger charge is -2.10. The van der Waals surface area contributed by atoms with E-state index in [0.29, 0.717) is 17.5 Å². The number of hydrogen-bond acceptors (Lipinski definition) is 5. The average molecular weight is 433 g/mol. The Labute approximate surface area is 185 Å². The molecule has 0 bridgehead atoms. The predicted octanol–water partition coefficient (Wildman–Crippen LogP) is 5.36. The first-order chi connectivity index (χ1) is 14.8. The SMILES string of the molecule is Cc1ccc(-c2csc3ncn(Cc4cccc(C(=O)OC(C)C)c4)c(=O)c23)c(C)c1. The van der Waals surface area contributed by atoms with Crippen LogP contribution in [0.4, 0.5) is 0 Å². The van der Waals surface area contributed by atoms with Gasteiger partial charge in [-0.25, -0.2) is 9.78 Å². The highest BCUT2D eigenvalue weighted by molar-refractivity contribution is 7.17. The maximum Gasteiger partial charge on any atom is 0.338 e. The zero-order valence-corrected chi connectivity index (χ0v) is 18.8. The molecule has 158 valence electrons. The fourth-order valence-corrected chi connectivity index (χ4v) is 4.57. The van der Waals surface area contributed by atoms with Crippen LogP contribution in [-0.2, 0) is 11.3 Å². The van der Waals surface area contributed by atoms with E-state index >= 15 is 0 Å². The van der Waals surface area contributed by atoms with Crippen molar-refractivity contribution in [3.63, 3.8) is 0 Å². The molecule has 5 nitrogen and oxygen atoms in total. The number of aromatic nitrogens is 2. The van der Waals surface area contributed by atoms with Crippen LogP contribution in [-0.4, -0.2) is 21.6 Å². The van der Waals surface area contributed by atoms with E-state index in [4.69, 9.17) is 4.74 Å². The normalized spacial score (nSPS) is 11.3. The van der Waals surface area contributed by atoms with E-state index in [1.54, 1.807) is 29.1 Å². The second-order valence-corrected chi connectivity index (χ2v) is 8.84. The van der Waals surface area contributed by atoms with Crippen LogP contribution in [0.5, 0.6) is 0 Å². The first-order valence-electron chi connectivity index (χ1n) is 10.2. The van der Waals surface area contributed by atoms with Gasteiger partial charge in [0.25, 0.3) is 5.56 Å². The lowest BCUT2D eigenvalue weighted by Crippen LogP contribution is -2.21. The number of benzene rings is 2. The molecule has 2 aromatic carbocycles. The van der Waals surface area contributed by atoms with E-state index in [1.807, 2.05) is 25.3 Å². The molecule has 2 heterocycles. The van der Waals surface area contributed by atoms with Gasteiger partial charge in [0, 0.05) is 10.9 Å². The quantitative estimate of drug-likeness (QED) is 0.399. The van der Waals surface area contributed by atoms with Gasteiger partial charge in [-0.1, -0.05) is 35.9 Å². The van der Waals surface area contributed by atoms with Crippen molar-refractivity contribution in [2.24, 2.45) is 0 Å². The number of thiophene rings is 1. The van der Waals surface area contributed by atoms with Gasteiger partial charge in [0.2, 0.25) is 0 Å². The number of rotatable bonds is 5. The number of esters is 1. The van der Waals surface area contributed by atoms with Gasteiger partial charge in [-0.2, -0.15) is 0 Å². The van der Waals surface area contributed by atoms with Gasteiger partial charge in [-0.15, -0.1) is 11.3 Å². The summed E-state index contributed by atoms with van der Waals surface area (Å²) in [7, 11) is 0. The van der Waals surface area contributed by atoms with Gasteiger partial charge >= 0.3 is 5.97 Å². The number of fused-ring (bicyclic) bond motifs is 1. The minimum Gasteiger partial charge on any atom is -0.459 e. The standard InChI is InChI=1S/C25H24N2O3S/c1-15(2)30-25(29)19-7-5-6-18(11-19)12-27-14-26-23-22(24(27)28)21(13-31-23)20-9-8-16(3)10-17(20)4/h5-11,13-15H,12H2,1-4H3. The van der Waals surface area contributed by atoms with Crippen LogP contribution in [0, 0.1) is 13.8 Å². The van der Waals surface area contributed by atoms with E-state index in [9.17, 15) is 9.59 Å². The molecule has 0 radical (unpaired) electrons. The van der Waals surface area contributed by atoms with Gasteiger partial charge in [0.1, 0.15) is 4.83 Å². The summed E-state index contributed by atoms with van der Waals surface area (Å²) in [6.45, 7) is 8.07. The monoisotopic (exact) mass is 432 g/mol. The Morgan fingerprint density at radius 1 is 1.13 bits per heavy atom. The zero-order chi connectivity index (χ0) is 22.1. The van der Waals surface area contributed by atoms with Crippen molar-refractivity contribution in [1.82, 2.24) is 9.55 Å². The van der Waals surface area contributed by atoms with Crippen molar-refractivity contribution >= 4 is 27.5 Å².